The first-order valence-electron chi connectivity index (χ1n) is 7.62. The van der Waals surface area contributed by atoms with Gasteiger partial charge >= 0.3 is 0 Å². The molecule has 124 valence electrons. The number of likely N-dealkylation sites (N-methyl/N-ethyl adjacent to an activating group) is 1. The van der Waals surface area contributed by atoms with Gasteiger partial charge in [-0.1, -0.05) is 17.3 Å². The Hall–Kier alpha value is -1.79. The van der Waals surface area contributed by atoms with Crippen LogP contribution in [0.1, 0.15) is 34.3 Å². The third-order valence-electron chi connectivity index (χ3n) is 3.71. The second kappa shape index (κ2) is 8.17. The number of benzene rings is 1. The van der Waals surface area contributed by atoms with Gasteiger partial charge in [0.25, 0.3) is 5.91 Å². The van der Waals surface area contributed by atoms with Gasteiger partial charge in [0.2, 0.25) is 0 Å². The van der Waals surface area contributed by atoms with Crippen LogP contribution in [0, 0.1) is 13.8 Å². The molecule has 0 radical (unpaired) electrons. The number of hydrogen-bond donors (Lipinski definition) is 1. The number of rotatable bonds is 7. The van der Waals surface area contributed by atoms with Crippen LogP contribution < -0.4 is 0 Å². The molecule has 0 saturated heterocycles. The van der Waals surface area contributed by atoms with Crippen LogP contribution in [0.15, 0.2) is 33.7 Å². The molecule has 1 heterocycles. The van der Waals surface area contributed by atoms with Crippen molar-refractivity contribution in [1.29, 1.82) is 0 Å². The average molecular weight is 334 g/mol. The molecule has 0 bridgehead atoms. The van der Waals surface area contributed by atoms with Crippen molar-refractivity contribution >= 4 is 17.7 Å². The number of hydrogen-bond acceptors (Lipinski definition) is 5. The molecule has 0 aliphatic rings. The summed E-state index contributed by atoms with van der Waals surface area (Å²) in [6.07, 6.45) is 0. The fourth-order valence-electron chi connectivity index (χ4n) is 2.32. The number of aromatic nitrogens is 1. The van der Waals surface area contributed by atoms with Gasteiger partial charge in [-0.15, -0.1) is 11.8 Å². The standard InChI is InChI=1S/C17H22N2O3S/c1-4-19(9-10-20)17(21)14-7-5-6-8-16(14)23-11-15-12(2)18-22-13(15)3/h5-8,20H,4,9-11H2,1-3H3. The molecule has 0 unspecified atom stereocenters. The highest BCUT2D eigenvalue weighted by Gasteiger charge is 2.18. The van der Waals surface area contributed by atoms with E-state index in [0.29, 0.717) is 24.4 Å². The molecule has 2 rings (SSSR count). The summed E-state index contributed by atoms with van der Waals surface area (Å²) in [4.78, 5) is 15.2. The minimum absolute atomic E-state index is 0.0338. The number of amides is 1. The van der Waals surface area contributed by atoms with Crippen molar-refractivity contribution in [3.05, 3.63) is 46.8 Å². The maximum Gasteiger partial charge on any atom is 0.255 e. The SMILES string of the molecule is CCN(CCO)C(=O)c1ccccc1SCc1c(C)noc1C. The van der Waals surface area contributed by atoms with Crippen LogP contribution in [0.4, 0.5) is 0 Å². The van der Waals surface area contributed by atoms with E-state index in [2.05, 4.69) is 5.16 Å². The summed E-state index contributed by atoms with van der Waals surface area (Å²) in [7, 11) is 0. The quantitative estimate of drug-likeness (QED) is 0.788. The van der Waals surface area contributed by atoms with E-state index in [4.69, 9.17) is 9.63 Å². The Labute approximate surface area is 140 Å². The van der Waals surface area contributed by atoms with Crippen molar-refractivity contribution in [2.75, 3.05) is 19.7 Å². The second-order valence-corrected chi connectivity index (χ2v) is 6.21. The van der Waals surface area contributed by atoms with Gasteiger partial charge in [0.15, 0.2) is 0 Å². The molecule has 1 amide bonds. The summed E-state index contributed by atoms with van der Waals surface area (Å²) in [5, 5.41) is 13.1. The summed E-state index contributed by atoms with van der Waals surface area (Å²) < 4.78 is 5.18. The van der Waals surface area contributed by atoms with Gasteiger partial charge in [-0.3, -0.25) is 4.79 Å². The summed E-state index contributed by atoms with van der Waals surface area (Å²) in [6, 6.07) is 7.57. The molecule has 1 aromatic carbocycles. The molecule has 0 fully saturated rings. The van der Waals surface area contributed by atoms with Crippen LogP contribution >= 0.6 is 11.8 Å². The summed E-state index contributed by atoms with van der Waals surface area (Å²) >= 11 is 1.60. The maximum absolute atomic E-state index is 12.7. The summed E-state index contributed by atoms with van der Waals surface area (Å²) in [6.45, 7) is 6.61. The third kappa shape index (κ3) is 4.14. The van der Waals surface area contributed by atoms with Gasteiger partial charge in [0.1, 0.15) is 5.76 Å². The lowest BCUT2D eigenvalue weighted by molar-refractivity contribution is 0.0728. The van der Waals surface area contributed by atoms with Crippen molar-refractivity contribution in [1.82, 2.24) is 10.1 Å². The van der Waals surface area contributed by atoms with E-state index in [-0.39, 0.29) is 12.5 Å². The fourth-order valence-corrected chi connectivity index (χ4v) is 3.52. The van der Waals surface area contributed by atoms with Gasteiger partial charge < -0.3 is 14.5 Å². The molecule has 0 atom stereocenters. The number of carbonyl (C=O) groups is 1. The van der Waals surface area contributed by atoms with Gasteiger partial charge in [-0.25, -0.2) is 0 Å². The molecule has 5 nitrogen and oxygen atoms in total. The number of aryl methyl sites for hydroxylation is 2. The van der Waals surface area contributed by atoms with E-state index in [0.717, 1.165) is 21.9 Å². The van der Waals surface area contributed by atoms with Crippen LogP contribution in [0.2, 0.25) is 0 Å². The Kier molecular flexibility index (Phi) is 6.24. The molecular formula is C17H22N2O3S. The van der Waals surface area contributed by atoms with E-state index in [1.807, 2.05) is 45.0 Å². The van der Waals surface area contributed by atoms with Crippen molar-refractivity contribution in [2.24, 2.45) is 0 Å². The molecule has 6 heteroatoms. The van der Waals surface area contributed by atoms with Crippen molar-refractivity contribution < 1.29 is 14.4 Å². The lowest BCUT2D eigenvalue weighted by Crippen LogP contribution is -2.33. The maximum atomic E-state index is 12.7. The fraction of sp³-hybridized carbons (Fsp3) is 0.412. The monoisotopic (exact) mass is 334 g/mol. The summed E-state index contributed by atoms with van der Waals surface area (Å²) in [5.41, 5.74) is 2.62. The molecule has 0 saturated carbocycles. The lowest BCUT2D eigenvalue weighted by atomic mass is 10.2. The van der Waals surface area contributed by atoms with Crippen LogP contribution in [0.25, 0.3) is 0 Å². The number of thioether (sulfide) groups is 1. The van der Waals surface area contributed by atoms with E-state index in [1.54, 1.807) is 16.7 Å². The largest absolute Gasteiger partial charge is 0.395 e. The normalized spacial score (nSPS) is 10.8. The molecule has 23 heavy (non-hydrogen) atoms. The zero-order valence-corrected chi connectivity index (χ0v) is 14.5. The Morgan fingerprint density at radius 2 is 2.09 bits per heavy atom. The topological polar surface area (TPSA) is 66.6 Å². The number of aliphatic hydroxyl groups excluding tert-OH is 1. The Morgan fingerprint density at radius 1 is 1.35 bits per heavy atom. The highest BCUT2D eigenvalue weighted by Crippen LogP contribution is 2.29. The first-order chi connectivity index (χ1) is 11.1. The molecule has 0 aliphatic heterocycles. The molecule has 0 aliphatic carbocycles. The first kappa shape index (κ1) is 17.6. The van der Waals surface area contributed by atoms with Crippen LogP contribution in [-0.2, 0) is 5.75 Å². The Balaban J connectivity index is 2.19. The molecule has 1 N–H and O–H groups in total. The van der Waals surface area contributed by atoms with Crippen molar-refractivity contribution in [2.45, 2.75) is 31.4 Å². The second-order valence-electron chi connectivity index (χ2n) is 5.20. The van der Waals surface area contributed by atoms with E-state index in [9.17, 15) is 4.79 Å². The van der Waals surface area contributed by atoms with Gasteiger partial charge in [0, 0.05) is 29.3 Å². The van der Waals surface area contributed by atoms with Crippen LogP contribution in [0.3, 0.4) is 0 Å². The van der Waals surface area contributed by atoms with Crippen molar-refractivity contribution in [3.8, 4) is 0 Å². The average Bonchev–Trinajstić information content (AvgIpc) is 2.88. The third-order valence-corrected chi connectivity index (χ3v) is 4.81. The number of nitrogens with zero attached hydrogens (tertiary/aromatic N) is 2. The van der Waals surface area contributed by atoms with E-state index < -0.39 is 0 Å². The Bertz CT molecular complexity index is 650. The van der Waals surface area contributed by atoms with Gasteiger partial charge in [-0.2, -0.15) is 0 Å². The highest BCUT2D eigenvalue weighted by atomic mass is 32.2. The summed E-state index contributed by atoms with van der Waals surface area (Å²) in [5.74, 6) is 1.47. The first-order valence-corrected chi connectivity index (χ1v) is 8.60. The van der Waals surface area contributed by atoms with Crippen LogP contribution in [-0.4, -0.2) is 40.8 Å². The smallest absolute Gasteiger partial charge is 0.255 e. The minimum atomic E-state index is -0.0524. The predicted octanol–water partition coefficient (Wildman–Crippen LogP) is 3.04. The van der Waals surface area contributed by atoms with Gasteiger partial charge in [-0.05, 0) is 32.9 Å². The zero-order chi connectivity index (χ0) is 16.8. The van der Waals surface area contributed by atoms with E-state index >= 15 is 0 Å². The predicted molar refractivity (Wildman–Crippen MR) is 90.6 cm³/mol. The number of aliphatic hydroxyl groups is 1. The Morgan fingerprint density at radius 3 is 2.70 bits per heavy atom. The van der Waals surface area contributed by atoms with E-state index in [1.165, 1.54) is 0 Å². The molecular weight excluding hydrogens is 312 g/mol. The molecule has 2 aromatic rings. The lowest BCUT2D eigenvalue weighted by Gasteiger charge is -2.21. The minimum Gasteiger partial charge on any atom is -0.395 e. The zero-order valence-electron chi connectivity index (χ0n) is 13.7. The van der Waals surface area contributed by atoms with Gasteiger partial charge in [0.05, 0.1) is 17.9 Å². The molecule has 1 aromatic heterocycles. The highest BCUT2D eigenvalue weighted by molar-refractivity contribution is 7.98. The molecule has 0 spiro atoms. The number of carbonyl (C=O) groups excluding carboxylic acids is 1. The van der Waals surface area contributed by atoms with Crippen molar-refractivity contribution in [3.63, 3.8) is 0 Å². The van der Waals surface area contributed by atoms with Crippen LogP contribution in [0.5, 0.6) is 0 Å².